The summed E-state index contributed by atoms with van der Waals surface area (Å²) in [6, 6.07) is 16.0. The Morgan fingerprint density at radius 2 is 2.00 bits per heavy atom. The Balaban J connectivity index is 1.77. The molecule has 30 heavy (non-hydrogen) atoms. The van der Waals surface area contributed by atoms with Crippen LogP contribution in [0.5, 0.6) is 0 Å². The van der Waals surface area contributed by atoms with E-state index in [-0.39, 0.29) is 18.0 Å². The van der Waals surface area contributed by atoms with Gasteiger partial charge in [0.05, 0.1) is 16.4 Å². The molecule has 1 aliphatic rings. The summed E-state index contributed by atoms with van der Waals surface area (Å²) in [4.78, 5) is 13.1. The summed E-state index contributed by atoms with van der Waals surface area (Å²) >= 11 is 12.5. The van der Waals surface area contributed by atoms with Gasteiger partial charge in [0.15, 0.2) is 5.69 Å². The van der Waals surface area contributed by atoms with Crippen molar-refractivity contribution in [2.45, 2.75) is 44.7 Å². The van der Waals surface area contributed by atoms with Crippen molar-refractivity contribution in [3.05, 3.63) is 69.8 Å². The SMILES string of the molecule is Cc1c(C(=O)N[C@@H]2CCC[C@H](N)C2)nn(-c2ccc(Cl)cc2Cl)c1-c1cc[c]cc1. The van der Waals surface area contributed by atoms with E-state index in [9.17, 15) is 4.79 Å². The van der Waals surface area contributed by atoms with E-state index in [4.69, 9.17) is 28.9 Å². The fourth-order valence-electron chi connectivity index (χ4n) is 4.04. The Morgan fingerprint density at radius 1 is 1.23 bits per heavy atom. The summed E-state index contributed by atoms with van der Waals surface area (Å²) < 4.78 is 1.71. The minimum absolute atomic E-state index is 0.0692. The highest BCUT2D eigenvalue weighted by Gasteiger charge is 2.26. The fraction of sp³-hybridized carbons (Fsp3) is 0.304. The fourth-order valence-corrected chi connectivity index (χ4v) is 4.52. The zero-order valence-corrected chi connectivity index (χ0v) is 18.2. The molecular weight excluding hydrogens is 419 g/mol. The van der Waals surface area contributed by atoms with Gasteiger partial charge in [-0.1, -0.05) is 47.5 Å². The van der Waals surface area contributed by atoms with Crippen molar-refractivity contribution in [1.82, 2.24) is 15.1 Å². The lowest BCUT2D eigenvalue weighted by Gasteiger charge is -2.27. The highest BCUT2D eigenvalue weighted by molar-refractivity contribution is 6.35. The van der Waals surface area contributed by atoms with Crippen LogP contribution in [0.2, 0.25) is 10.0 Å². The number of carbonyl (C=O) groups is 1. The monoisotopic (exact) mass is 441 g/mol. The topological polar surface area (TPSA) is 72.9 Å². The molecule has 1 radical (unpaired) electrons. The van der Waals surface area contributed by atoms with Gasteiger partial charge in [-0.2, -0.15) is 5.10 Å². The molecule has 1 amide bonds. The number of halogens is 2. The van der Waals surface area contributed by atoms with Crippen LogP contribution in [0.4, 0.5) is 0 Å². The molecule has 3 aromatic rings. The molecule has 1 aliphatic carbocycles. The number of benzene rings is 2. The summed E-state index contributed by atoms with van der Waals surface area (Å²) in [6.07, 6.45) is 3.75. The Bertz CT molecular complexity index is 1060. The molecule has 2 atom stereocenters. The highest BCUT2D eigenvalue weighted by atomic mass is 35.5. The zero-order valence-electron chi connectivity index (χ0n) is 16.7. The maximum atomic E-state index is 13.1. The molecule has 1 fully saturated rings. The van der Waals surface area contributed by atoms with Crippen LogP contribution in [-0.4, -0.2) is 27.8 Å². The Labute approximate surface area is 186 Å². The molecule has 155 valence electrons. The van der Waals surface area contributed by atoms with Crippen molar-refractivity contribution < 1.29 is 4.79 Å². The molecule has 1 aromatic heterocycles. The molecule has 0 saturated heterocycles. The molecule has 0 aliphatic heterocycles. The second kappa shape index (κ2) is 8.80. The normalized spacial score (nSPS) is 18.9. The third-order valence-corrected chi connectivity index (χ3v) is 6.05. The highest BCUT2D eigenvalue weighted by Crippen LogP contribution is 2.32. The van der Waals surface area contributed by atoms with E-state index in [1.165, 1.54) is 0 Å². The lowest BCUT2D eigenvalue weighted by Crippen LogP contribution is -2.42. The van der Waals surface area contributed by atoms with E-state index in [0.717, 1.165) is 42.5 Å². The average molecular weight is 442 g/mol. The van der Waals surface area contributed by atoms with E-state index in [0.29, 0.717) is 21.4 Å². The van der Waals surface area contributed by atoms with E-state index in [1.807, 2.05) is 31.2 Å². The number of hydrogen-bond acceptors (Lipinski definition) is 3. The molecule has 4 rings (SSSR count). The van der Waals surface area contributed by atoms with Crippen LogP contribution in [0, 0.1) is 13.0 Å². The summed E-state index contributed by atoms with van der Waals surface area (Å²) in [5, 5.41) is 8.78. The van der Waals surface area contributed by atoms with Crippen LogP contribution in [0.1, 0.15) is 41.7 Å². The van der Waals surface area contributed by atoms with Crippen molar-refractivity contribution in [3.8, 4) is 16.9 Å². The lowest BCUT2D eigenvalue weighted by atomic mass is 9.91. The molecule has 2 aromatic carbocycles. The molecule has 3 N–H and O–H groups in total. The lowest BCUT2D eigenvalue weighted by molar-refractivity contribution is 0.0919. The number of nitrogens with one attached hydrogen (secondary N) is 1. The van der Waals surface area contributed by atoms with E-state index in [1.54, 1.807) is 22.9 Å². The summed E-state index contributed by atoms with van der Waals surface area (Å²) in [5.41, 5.74) is 9.62. The minimum atomic E-state index is -0.195. The van der Waals surface area contributed by atoms with Gasteiger partial charge in [0, 0.05) is 28.2 Å². The van der Waals surface area contributed by atoms with Crippen molar-refractivity contribution in [3.63, 3.8) is 0 Å². The molecule has 7 heteroatoms. The van der Waals surface area contributed by atoms with E-state index in [2.05, 4.69) is 16.5 Å². The van der Waals surface area contributed by atoms with E-state index >= 15 is 0 Å². The number of hydrogen-bond donors (Lipinski definition) is 2. The predicted molar refractivity (Wildman–Crippen MR) is 120 cm³/mol. The Hall–Kier alpha value is -2.34. The quantitative estimate of drug-likeness (QED) is 0.600. The first-order valence-corrected chi connectivity index (χ1v) is 10.8. The molecular formula is C23H23Cl2N4O. The summed E-state index contributed by atoms with van der Waals surface area (Å²) in [5.74, 6) is -0.195. The first-order chi connectivity index (χ1) is 14.4. The molecule has 1 heterocycles. The minimum Gasteiger partial charge on any atom is -0.348 e. The van der Waals surface area contributed by atoms with Crippen LogP contribution >= 0.6 is 23.2 Å². The number of aromatic nitrogens is 2. The molecule has 1 saturated carbocycles. The number of carbonyl (C=O) groups excluding carboxylic acids is 1. The maximum absolute atomic E-state index is 13.1. The predicted octanol–water partition coefficient (Wildman–Crippen LogP) is 4.95. The van der Waals surface area contributed by atoms with Gasteiger partial charge in [-0.3, -0.25) is 4.79 Å². The maximum Gasteiger partial charge on any atom is 0.272 e. The Kier molecular flexibility index (Phi) is 6.14. The molecule has 0 unspecified atom stereocenters. The second-order valence-electron chi connectivity index (χ2n) is 7.72. The molecule has 5 nitrogen and oxygen atoms in total. The van der Waals surface area contributed by atoms with Crippen molar-refractivity contribution >= 4 is 29.1 Å². The first kappa shape index (κ1) is 20.9. The summed E-state index contributed by atoms with van der Waals surface area (Å²) in [6.45, 7) is 1.90. The van der Waals surface area contributed by atoms with E-state index < -0.39 is 0 Å². The number of nitrogens with zero attached hydrogens (tertiary/aromatic N) is 2. The van der Waals surface area contributed by atoms with Gasteiger partial charge in [-0.05, 0) is 56.9 Å². The third kappa shape index (κ3) is 4.24. The van der Waals surface area contributed by atoms with Crippen molar-refractivity contribution in [2.75, 3.05) is 0 Å². The van der Waals surface area contributed by atoms with Gasteiger partial charge in [0.1, 0.15) is 0 Å². The van der Waals surface area contributed by atoms with Crippen LogP contribution in [0.15, 0.2) is 42.5 Å². The van der Waals surface area contributed by atoms with Crippen LogP contribution in [0.25, 0.3) is 16.9 Å². The zero-order chi connectivity index (χ0) is 21.3. The van der Waals surface area contributed by atoms with Gasteiger partial charge in [0.25, 0.3) is 5.91 Å². The average Bonchev–Trinajstić information content (AvgIpc) is 3.05. The second-order valence-corrected chi connectivity index (χ2v) is 8.56. The van der Waals surface area contributed by atoms with Crippen LogP contribution in [-0.2, 0) is 0 Å². The first-order valence-electron chi connectivity index (χ1n) is 10.0. The largest absolute Gasteiger partial charge is 0.348 e. The summed E-state index contributed by atoms with van der Waals surface area (Å²) in [7, 11) is 0. The van der Waals surface area contributed by atoms with Gasteiger partial charge < -0.3 is 11.1 Å². The third-order valence-electron chi connectivity index (χ3n) is 5.52. The molecule has 0 bridgehead atoms. The number of amides is 1. The Morgan fingerprint density at radius 3 is 2.70 bits per heavy atom. The van der Waals surface area contributed by atoms with Crippen molar-refractivity contribution in [1.29, 1.82) is 0 Å². The molecule has 0 spiro atoms. The number of rotatable bonds is 4. The number of nitrogens with two attached hydrogens (primary N) is 1. The standard InChI is InChI=1S/C23H23Cl2N4O/c1-14-21(23(30)27-18-9-5-8-17(26)13-18)28-29(20-11-10-16(24)12-19(20)25)22(14)15-6-3-2-4-7-15/h3-4,6-7,10-12,17-18H,5,8-9,13,26H2,1H3,(H,27,30)/t17-,18+/m0/s1. The van der Waals surface area contributed by atoms with Crippen LogP contribution in [0.3, 0.4) is 0 Å². The van der Waals surface area contributed by atoms with Crippen molar-refractivity contribution in [2.24, 2.45) is 5.73 Å². The van der Waals surface area contributed by atoms with Crippen LogP contribution < -0.4 is 11.1 Å². The van der Waals surface area contributed by atoms with Gasteiger partial charge in [-0.15, -0.1) is 0 Å². The van der Waals surface area contributed by atoms with Gasteiger partial charge in [-0.25, -0.2) is 4.68 Å². The smallest absolute Gasteiger partial charge is 0.272 e. The van der Waals surface area contributed by atoms with Gasteiger partial charge >= 0.3 is 0 Å². The van der Waals surface area contributed by atoms with Gasteiger partial charge in [0.2, 0.25) is 0 Å².